The van der Waals surface area contributed by atoms with E-state index in [0.717, 1.165) is 36.7 Å². The Morgan fingerprint density at radius 1 is 1.44 bits per heavy atom. The summed E-state index contributed by atoms with van der Waals surface area (Å²) in [5.74, 6) is 0.954. The Morgan fingerprint density at radius 3 is 2.75 bits per heavy atom. The highest BCUT2D eigenvalue weighted by molar-refractivity contribution is 5.58. The average Bonchev–Trinajstić information content (AvgIpc) is 2.18. The van der Waals surface area contributed by atoms with Gasteiger partial charge in [-0.15, -0.1) is 0 Å². The zero-order chi connectivity index (χ0) is 11.0. The molecule has 0 radical (unpaired) electrons. The molecule has 90 valence electrons. The average molecular weight is 242 g/mol. The molecule has 2 heterocycles. The lowest BCUT2D eigenvalue weighted by Crippen LogP contribution is -3.00. The summed E-state index contributed by atoms with van der Waals surface area (Å²) in [7, 11) is 6.09. The van der Waals surface area contributed by atoms with E-state index >= 15 is 0 Å². The van der Waals surface area contributed by atoms with Crippen LogP contribution < -0.4 is 23.0 Å². The number of nitrogens with two attached hydrogens (primary N) is 1. The first-order chi connectivity index (χ1) is 7.08. The molecule has 0 bridgehead atoms. The molecule has 0 fully saturated rings. The van der Waals surface area contributed by atoms with Crippen molar-refractivity contribution in [1.29, 1.82) is 0 Å². The van der Waals surface area contributed by atoms with Crippen LogP contribution >= 0.6 is 0 Å². The van der Waals surface area contributed by atoms with Crippen molar-refractivity contribution in [2.24, 2.45) is 0 Å². The second kappa shape index (κ2) is 4.89. The smallest absolute Gasteiger partial charge is 0.130 e. The molecule has 0 unspecified atom stereocenters. The molecule has 0 saturated carbocycles. The van der Waals surface area contributed by atoms with E-state index < -0.39 is 0 Å². The first kappa shape index (κ1) is 13.1. The lowest BCUT2D eigenvalue weighted by molar-refractivity contribution is -0.00000336. The van der Waals surface area contributed by atoms with Gasteiger partial charge in [0.15, 0.2) is 0 Å². The van der Waals surface area contributed by atoms with E-state index in [1.54, 1.807) is 0 Å². The number of rotatable bonds is 1. The van der Waals surface area contributed by atoms with Gasteiger partial charge in [0.25, 0.3) is 0 Å². The Bertz CT molecular complexity index is 378. The highest BCUT2D eigenvalue weighted by atomic mass is 35.5. The number of nitrogen functional groups attached to an aromatic ring is 1. The van der Waals surface area contributed by atoms with Crippen molar-refractivity contribution in [3.8, 4) is 0 Å². The van der Waals surface area contributed by atoms with Crippen LogP contribution in [0.15, 0.2) is 6.07 Å². The number of hydrogen-bond acceptors (Lipinski definition) is 4. The molecule has 2 N–H and O–H groups in total. The molecule has 1 aliphatic rings. The summed E-state index contributed by atoms with van der Waals surface area (Å²) < 4.78 is 0. The van der Waals surface area contributed by atoms with Gasteiger partial charge in [0, 0.05) is 50.9 Å². The van der Waals surface area contributed by atoms with E-state index in [0.29, 0.717) is 0 Å². The van der Waals surface area contributed by atoms with E-state index in [9.17, 15) is 0 Å². The Balaban J connectivity index is 0.00000128. The maximum atomic E-state index is 6.05. The van der Waals surface area contributed by atoms with Gasteiger partial charge in [-0.2, -0.15) is 0 Å². The largest absolute Gasteiger partial charge is 1.00 e. The van der Waals surface area contributed by atoms with Crippen molar-refractivity contribution in [1.82, 2.24) is 9.88 Å². The van der Waals surface area contributed by atoms with E-state index in [4.69, 9.17) is 5.73 Å². The van der Waals surface area contributed by atoms with Crippen molar-refractivity contribution in [3.05, 3.63) is 17.3 Å². The second-order valence-corrected chi connectivity index (χ2v) is 4.38. The molecule has 0 atom stereocenters. The number of pyridine rings is 1. The zero-order valence-corrected chi connectivity index (χ0v) is 10.8. The summed E-state index contributed by atoms with van der Waals surface area (Å²) in [5.41, 5.74) is 9.29. The van der Waals surface area contributed by atoms with Crippen LogP contribution in [-0.2, 0) is 13.0 Å². The summed E-state index contributed by atoms with van der Waals surface area (Å²) in [5, 5.41) is 0. The van der Waals surface area contributed by atoms with Crippen LogP contribution in [0.2, 0.25) is 0 Å². The van der Waals surface area contributed by atoms with Crippen molar-refractivity contribution in [3.63, 3.8) is 0 Å². The summed E-state index contributed by atoms with van der Waals surface area (Å²) in [6.07, 6.45) is 0.998. The Labute approximate surface area is 103 Å². The predicted octanol–water partition coefficient (Wildman–Crippen LogP) is -2.28. The molecule has 1 aliphatic heterocycles. The number of likely N-dealkylation sites (N-methyl/N-ethyl adjacent to an activating group) is 1. The summed E-state index contributed by atoms with van der Waals surface area (Å²) in [4.78, 5) is 8.90. The van der Waals surface area contributed by atoms with Crippen molar-refractivity contribution in [2.45, 2.75) is 13.0 Å². The van der Waals surface area contributed by atoms with Gasteiger partial charge in [-0.05, 0) is 7.05 Å². The fourth-order valence-electron chi connectivity index (χ4n) is 1.90. The lowest BCUT2D eigenvalue weighted by Gasteiger charge is -2.26. The number of aromatic nitrogens is 1. The summed E-state index contributed by atoms with van der Waals surface area (Å²) in [6, 6.07) is 1.96. The Hall–Kier alpha value is -1.00. The first-order valence-corrected chi connectivity index (χ1v) is 5.22. The van der Waals surface area contributed by atoms with Crippen LogP contribution in [0.1, 0.15) is 11.3 Å². The molecule has 0 aromatic carbocycles. The van der Waals surface area contributed by atoms with Gasteiger partial charge in [-0.1, -0.05) is 0 Å². The molecule has 1 aromatic heterocycles. The molecular formula is C11H18ClN4-. The molecule has 0 aliphatic carbocycles. The van der Waals surface area contributed by atoms with Gasteiger partial charge < -0.3 is 27.9 Å². The number of halogens is 1. The second-order valence-electron chi connectivity index (χ2n) is 4.38. The van der Waals surface area contributed by atoms with Crippen molar-refractivity contribution >= 4 is 11.5 Å². The summed E-state index contributed by atoms with van der Waals surface area (Å²) in [6.45, 7) is 1.98. The van der Waals surface area contributed by atoms with Crippen molar-refractivity contribution < 1.29 is 12.4 Å². The number of hydrogen-bond donors (Lipinski definition) is 1. The van der Waals surface area contributed by atoms with Crippen molar-refractivity contribution in [2.75, 3.05) is 38.3 Å². The number of fused-ring (bicyclic) bond motifs is 1. The highest BCUT2D eigenvalue weighted by Crippen LogP contribution is 2.25. The molecule has 0 saturated heterocycles. The van der Waals surface area contributed by atoms with E-state index in [1.807, 2.05) is 25.1 Å². The van der Waals surface area contributed by atoms with Crippen LogP contribution in [0.5, 0.6) is 0 Å². The number of nitrogens with zero attached hydrogens (tertiary/aromatic N) is 3. The van der Waals surface area contributed by atoms with Crippen LogP contribution in [-0.4, -0.2) is 37.6 Å². The normalized spacial score (nSPS) is 15.2. The SMILES string of the molecule is CN1CCc2nc(N(C)C)cc(N)c2C1.[Cl-]. The van der Waals surface area contributed by atoms with E-state index in [1.165, 1.54) is 5.56 Å². The van der Waals surface area contributed by atoms with E-state index in [2.05, 4.69) is 16.9 Å². The minimum atomic E-state index is 0. The van der Waals surface area contributed by atoms with Crippen LogP contribution in [0.3, 0.4) is 0 Å². The van der Waals surface area contributed by atoms with Gasteiger partial charge in [0.05, 0.1) is 5.69 Å². The predicted molar refractivity (Wildman–Crippen MR) is 63.0 cm³/mol. The third kappa shape index (κ3) is 2.39. The lowest BCUT2D eigenvalue weighted by atomic mass is 10.0. The summed E-state index contributed by atoms with van der Waals surface area (Å²) >= 11 is 0. The minimum absolute atomic E-state index is 0. The molecule has 0 amide bonds. The van der Waals surface area contributed by atoms with Gasteiger partial charge in [0.2, 0.25) is 0 Å². The van der Waals surface area contributed by atoms with Gasteiger partial charge >= 0.3 is 0 Å². The fraction of sp³-hybridized carbons (Fsp3) is 0.545. The van der Waals surface area contributed by atoms with Crippen LogP contribution in [0.25, 0.3) is 0 Å². The fourth-order valence-corrected chi connectivity index (χ4v) is 1.90. The molecule has 5 heteroatoms. The highest BCUT2D eigenvalue weighted by Gasteiger charge is 2.18. The van der Waals surface area contributed by atoms with Gasteiger partial charge in [-0.3, -0.25) is 0 Å². The topological polar surface area (TPSA) is 45.4 Å². The third-order valence-electron chi connectivity index (χ3n) is 2.85. The van der Waals surface area contributed by atoms with Gasteiger partial charge in [-0.25, -0.2) is 4.98 Å². The Morgan fingerprint density at radius 2 is 2.12 bits per heavy atom. The first-order valence-electron chi connectivity index (χ1n) is 5.22. The molecule has 1 aromatic rings. The zero-order valence-electron chi connectivity index (χ0n) is 10.00. The maximum absolute atomic E-state index is 6.05. The van der Waals surface area contributed by atoms with Gasteiger partial charge in [0.1, 0.15) is 5.82 Å². The monoisotopic (exact) mass is 241 g/mol. The number of anilines is 2. The third-order valence-corrected chi connectivity index (χ3v) is 2.85. The molecule has 2 rings (SSSR count). The maximum Gasteiger partial charge on any atom is 0.130 e. The molecule has 16 heavy (non-hydrogen) atoms. The van der Waals surface area contributed by atoms with Crippen LogP contribution in [0.4, 0.5) is 11.5 Å². The quantitative estimate of drug-likeness (QED) is 0.602. The molecule has 0 spiro atoms. The van der Waals surface area contributed by atoms with E-state index in [-0.39, 0.29) is 12.4 Å². The molecule has 4 nitrogen and oxygen atoms in total. The Kier molecular flexibility index (Phi) is 3.99. The van der Waals surface area contributed by atoms with Crippen LogP contribution in [0, 0.1) is 0 Å². The molecular weight excluding hydrogens is 224 g/mol. The minimum Gasteiger partial charge on any atom is -1.00 e. The standard InChI is InChI=1S/C11H18N4.ClH/c1-14(2)11-6-9(12)8-7-15(3)5-4-10(8)13-11;/h6H,4-5,7H2,1-3H3,(H2,12,13);1H/p-1.